The number of rotatable bonds is 5. The van der Waals surface area contributed by atoms with Gasteiger partial charge in [0.15, 0.2) is 5.82 Å². The SMILES string of the molecule is CCCNCc1cc(C)nc(-c2cccc(Cl)c2)n1. The quantitative estimate of drug-likeness (QED) is 0.847. The van der Waals surface area contributed by atoms with Crippen LogP contribution in [0.1, 0.15) is 24.7 Å². The second kappa shape index (κ2) is 6.64. The number of halogens is 1. The smallest absolute Gasteiger partial charge is 0.159 e. The Labute approximate surface area is 119 Å². The first-order valence-corrected chi connectivity index (χ1v) is 6.88. The van der Waals surface area contributed by atoms with E-state index < -0.39 is 0 Å². The molecule has 1 N–H and O–H groups in total. The second-order valence-electron chi connectivity index (χ2n) is 4.51. The first-order valence-electron chi connectivity index (χ1n) is 6.50. The van der Waals surface area contributed by atoms with E-state index in [1.54, 1.807) is 0 Å². The predicted molar refractivity (Wildman–Crippen MR) is 79.2 cm³/mol. The highest BCUT2D eigenvalue weighted by Gasteiger charge is 2.05. The first-order chi connectivity index (χ1) is 9.19. The lowest BCUT2D eigenvalue weighted by molar-refractivity contribution is 0.663. The van der Waals surface area contributed by atoms with Crippen molar-refractivity contribution in [2.45, 2.75) is 26.8 Å². The minimum Gasteiger partial charge on any atom is -0.311 e. The van der Waals surface area contributed by atoms with Crippen molar-refractivity contribution in [1.82, 2.24) is 15.3 Å². The summed E-state index contributed by atoms with van der Waals surface area (Å²) in [6.45, 7) is 5.90. The molecule has 0 bridgehead atoms. The monoisotopic (exact) mass is 275 g/mol. The van der Waals surface area contributed by atoms with Gasteiger partial charge in [0.1, 0.15) is 0 Å². The zero-order valence-corrected chi connectivity index (χ0v) is 12.0. The minimum atomic E-state index is 0.702. The molecule has 0 aliphatic rings. The van der Waals surface area contributed by atoms with Crippen LogP contribution in [0.25, 0.3) is 11.4 Å². The van der Waals surface area contributed by atoms with Crippen molar-refractivity contribution in [1.29, 1.82) is 0 Å². The van der Waals surface area contributed by atoms with E-state index >= 15 is 0 Å². The molecule has 0 amide bonds. The van der Waals surface area contributed by atoms with E-state index in [2.05, 4.69) is 22.2 Å². The van der Waals surface area contributed by atoms with E-state index in [9.17, 15) is 0 Å². The van der Waals surface area contributed by atoms with Crippen LogP contribution in [0.5, 0.6) is 0 Å². The summed E-state index contributed by atoms with van der Waals surface area (Å²) < 4.78 is 0. The molecule has 100 valence electrons. The van der Waals surface area contributed by atoms with Gasteiger partial charge in [0.2, 0.25) is 0 Å². The molecule has 1 heterocycles. The number of benzene rings is 1. The lowest BCUT2D eigenvalue weighted by Crippen LogP contribution is -2.15. The fourth-order valence-electron chi connectivity index (χ4n) is 1.87. The summed E-state index contributed by atoms with van der Waals surface area (Å²) in [6.07, 6.45) is 1.12. The molecular weight excluding hydrogens is 258 g/mol. The highest BCUT2D eigenvalue weighted by molar-refractivity contribution is 6.30. The Hall–Kier alpha value is -1.45. The molecule has 0 spiro atoms. The van der Waals surface area contributed by atoms with Crippen LogP contribution >= 0.6 is 11.6 Å². The number of hydrogen-bond donors (Lipinski definition) is 1. The van der Waals surface area contributed by atoms with Gasteiger partial charge in [-0.25, -0.2) is 9.97 Å². The number of nitrogens with zero attached hydrogens (tertiary/aromatic N) is 2. The first kappa shape index (κ1) is 14.0. The highest BCUT2D eigenvalue weighted by atomic mass is 35.5. The molecule has 0 aliphatic carbocycles. The van der Waals surface area contributed by atoms with Crippen LogP contribution in [0.4, 0.5) is 0 Å². The van der Waals surface area contributed by atoms with Gasteiger partial charge in [-0.3, -0.25) is 0 Å². The molecule has 0 unspecified atom stereocenters. The summed E-state index contributed by atoms with van der Waals surface area (Å²) >= 11 is 6.01. The van der Waals surface area contributed by atoms with Crippen molar-refractivity contribution in [3.05, 3.63) is 46.7 Å². The van der Waals surface area contributed by atoms with Gasteiger partial charge < -0.3 is 5.32 Å². The molecule has 3 nitrogen and oxygen atoms in total. The molecule has 2 aromatic rings. The summed E-state index contributed by atoms with van der Waals surface area (Å²) in [5.41, 5.74) is 2.93. The van der Waals surface area contributed by atoms with Gasteiger partial charge in [0, 0.05) is 22.8 Å². The summed E-state index contributed by atoms with van der Waals surface area (Å²) in [4.78, 5) is 9.06. The molecule has 2 rings (SSSR count). The standard InChI is InChI=1S/C15H18ClN3/c1-3-7-17-10-14-8-11(2)18-15(19-14)12-5-4-6-13(16)9-12/h4-6,8-9,17H,3,7,10H2,1-2H3. The zero-order valence-electron chi connectivity index (χ0n) is 11.3. The average Bonchev–Trinajstić information content (AvgIpc) is 2.38. The summed E-state index contributed by atoms with van der Waals surface area (Å²) in [5, 5.41) is 4.05. The van der Waals surface area contributed by atoms with Gasteiger partial charge in [0.05, 0.1) is 5.69 Å². The van der Waals surface area contributed by atoms with Crippen LogP contribution in [0, 0.1) is 6.92 Å². The maximum atomic E-state index is 6.01. The molecule has 1 aromatic carbocycles. The van der Waals surface area contributed by atoms with Crippen LogP contribution in [0.2, 0.25) is 5.02 Å². The number of hydrogen-bond acceptors (Lipinski definition) is 3. The van der Waals surface area contributed by atoms with Crippen LogP contribution < -0.4 is 5.32 Å². The third-order valence-corrected chi connectivity index (χ3v) is 2.96. The lowest BCUT2D eigenvalue weighted by Gasteiger charge is -2.07. The van der Waals surface area contributed by atoms with Crippen LogP contribution in [0.3, 0.4) is 0 Å². The van der Waals surface area contributed by atoms with Gasteiger partial charge in [-0.05, 0) is 38.1 Å². The average molecular weight is 276 g/mol. The zero-order chi connectivity index (χ0) is 13.7. The molecule has 0 atom stereocenters. The van der Waals surface area contributed by atoms with Crippen molar-refractivity contribution in [3.8, 4) is 11.4 Å². The Kier molecular flexibility index (Phi) is 4.88. The normalized spacial score (nSPS) is 10.7. The maximum Gasteiger partial charge on any atom is 0.159 e. The van der Waals surface area contributed by atoms with E-state index in [1.165, 1.54) is 0 Å². The molecule has 4 heteroatoms. The van der Waals surface area contributed by atoms with Gasteiger partial charge in [0.25, 0.3) is 0 Å². The van der Waals surface area contributed by atoms with Crippen LogP contribution in [-0.2, 0) is 6.54 Å². The van der Waals surface area contributed by atoms with E-state index in [4.69, 9.17) is 11.6 Å². The molecular formula is C15H18ClN3. The summed E-state index contributed by atoms with van der Waals surface area (Å²) in [7, 11) is 0. The Morgan fingerprint density at radius 1 is 1.21 bits per heavy atom. The fourth-order valence-corrected chi connectivity index (χ4v) is 2.06. The third kappa shape index (κ3) is 4.01. The summed E-state index contributed by atoms with van der Waals surface area (Å²) in [5.74, 6) is 0.732. The lowest BCUT2D eigenvalue weighted by atomic mass is 10.2. The van der Waals surface area contributed by atoms with E-state index in [1.807, 2.05) is 37.3 Å². The van der Waals surface area contributed by atoms with Crippen molar-refractivity contribution in [3.63, 3.8) is 0 Å². The molecule has 0 fully saturated rings. The maximum absolute atomic E-state index is 6.01. The topological polar surface area (TPSA) is 37.8 Å². The van der Waals surface area contributed by atoms with E-state index in [0.717, 1.165) is 42.3 Å². The van der Waals surface area contributed by atoms with Gasteiger partial charge >= 0.3 is 0 Å². The van der Waals surface area contributed by atoms with Crippen LogP contribution in [-0.4, -0.2) is 16.5 Å². The third-order valence-electron chi connectivity index (χ3n) is 2.72. The van der Waals surface area contributed by atoms with Crippen molar-refractivity contribution in [2.75, 3.05) is 6.54 Å². The number of aromatic nitrogens is 2. The Bertz CT molecular complexity index is 555. The number of aryl methyl sites for hydroxylation is 1. The van der Waals surface area contributed by atoms with Crippen molar-refractivity contribution < 1.29 is 0 Å². The van der Waals surface area contributed by atoms with E-state index in [-0.39, 0.29) is 0 Å². The van der Waals surface area contributed by atoms with E-state index in [0.29, 0.717) is 5.02 Å². The second-order valence-corrected chi connectivity index (χ2v) is 4.95. The van der Waals surface area contributed by atoms with Gasteiger partial charge in [-0.15, -0.1) is 0 Å². The Balaban J connectivity index is 2.26. The largest absolute Gasteiger partial charge is 0.311 e. The summed E-state index contributed by atoms with van der Waals surface area (Å²) in [6, 6.07) is 9.64. The molecule has 0 saturated carbocycles. The van der Waals surface area contributed by atoms with Gasteiger partial charge in [-0.1, -0.05) is 30.7 Å². The van der Waals surface area contributed by atoms with Crippen molar-refractivity contribution >= 4 is 11.6 Å². The highest BCUT2D eigenvalue weighted by Crippen LogP contribution is 2.20. The molecule has 1 aromatic heterocycles. The Morgan fingerprint density at radius 3 is 2.79 bits per heavy atom. The number of nitrogens with one attached hydrogen (secondary N) is 1. The molecule has 0 aliphatic heterocycles. The van der Waals surface area contributed by atoms with Crippen LogP contribution in [0.15, 0.2) is 30.3 Å². The molecule has 0 radical (unpaired) electrons. The minimum absolute atomic E-state index is 0.702. The molecule has 19 heavy (non-hydrogen) atoms. The van der Waals surface area contributed by atoms with Gasteiger partial charge in [-0.2, -0.15) is 0 Å². The van der Waals surface area contributed by atoms with Crippen molar-refractivity contribution in [2.24, 2.45) is 0 Å². The molecule has 0 saturated heterocycles. The predicted octanol–water partition coefficient (Wildman–Crippen LogP) is 3.61. The Morgan fingerprint density at radius 2 is 2.05 bits per heavy atom. The fraction of sp³-hybridized carbons (Fsp3) is 0.333.